The Kier molecular flexibility index (Phi) is 4.68. The van der Waals surface area contributed by atoms with Gasteiger partial charge in [0.15, 0.2) is 0 Å². The van der Waals surface area contributed by atoms with Gasteiger partial charge in [-0.05, 0) is 65.5 Å². The maximum Gasteiger partial charge on any atom is 0.113 e. The summed E-state index contributed by atoms with van der Waals surface area (Å²) in [6.45, 7) is 16.0. The normalized spacial score (nSPS) is 12.7. The molecule has 0 radical (unpaired) electrons. The van der Waals surface area contributed by atoms with Crippen LogP contribution in [-0.2, 0) is 10.8 Å². The van der Waals surface area contributed by atoms with Gasteiger partial charge in [0.1, 0.15) is 11.0 Å². The molecule has 0 fully saturated rings. The molecular formula is C23H31N3. The van der Waals surface area contributed by atoms with Gasteiger partial charge < -0.3 is 0 Å². The van der Waals surface area contributed by atoms with Crippen molar-refractivity contribution >= 4 is 11.0 Å². The van der Waals surface area contributed by atoms with Crippen molar-refractivity contribution in [1.82, 2.24) is 15.0 Å². The van der Waals surface area contributed by atoms with E-state index in [2.05, 4.69) is 60.6 Å². The number of benzene rings is 2. The second-order valence-corrected chi connectivity index (χ2v) is 8.62. The van der Waals surface area contributed by atoms with Gasteiger partial charge in [-0.25, -0.2) is 0 Å². The van der Waals surface area contributed by atoms with Crippen molar-refractivity contribution in [3.8, 4) is 5.69 Å². The van der Waals surface area contributed by atoms with Crippen LogP contribution in [-0.4, -0.2) is 15.0 Å². The molecule has 0 atom stereocenters. The molecule has 0 unspecified atom stereocenters. The highest BCUT2D eigenvalue weighted by Crippen LogP contribution is 2.37. The Morgan fingerprint density at radius 3 is 1.88 bits per heavy atom. The van der Waals surface area contributed by atoms with Crippen LogP contribution in [0.5, 0.6) is 0 Å². The number of hydrogen-bond donors (Lipinski definition) is 0. The predicted molar refractivity (Wildman–Crippen MR) is 110 cm³/mol. The third kappa shape index (κ3) is 3.15. The second-order valence-electron chi connectivity index (χ2n) is 8.62. The highest BCUT2D eigenvalue weighted by Gasteiger charge is 2.27. The molecule has 0 bridgehead atoms. The van der Waals surface area contributed by atoms with Crippen LogP contribution in [0.15, 0.2) is 36.4 Å². The minimum Gasteiger partial charge on any atom is -0.150 e. The van der Waals surface area contributed by atoms with Gasteiger partial charge in [0.25, 0.3) is 0 Å². The molecule has 3 rings (SSSR count). The van der Waals surface area contributed by atoms with E-state index >= 15 is 0 Å². The number of hydrogen-bond acceptors (Lipinski definition) is 2. The molecule has 0 aliphatic rings. The van der Waals surface area contributed by atoms with Crippen molar-refractivity contribution in [3.05, 3.63) is 53.1 Å². The Morgan fingerprint density at radius 1 is 0.846 bits per heavy atom. The van der Waals surface area contributed by atoms with Gasteiger partial charge in [0.05, 0.1) is 5.69 Å². The van der Waals surface area contributed by atoms with Crippen LogP contribution in [0.1, 0.15) is 71.1 Å². The molecule has 0 saturated heterocycles. The quantitative estimate of drug-likeness (QED) is 0.557. The molecule has 26 heavy (non-hydrogen) atoms. The van der Waals surface area contributed by atoms with Crippen molar-refractivity contribution in [2.45, 2.75) is 72.1 Å². The lowest BCUT2D eigenvalue weighted by molar-refractivity contribution is 0.485. The van der Waals surface area contributed by atoms with E-state index in [0.717, 1.165) is 29.6 Å². The standard InChI is InChI=1S/C23H31N3/c1-8-22(4,5)17-14-18(23(6,7)9-2)16(3)21(15-17)26-24-19-12-10-11-13-20(19)25-26/h10-15H,8-9H2,1-7H3. The van der Waals surface area contributed by atoms with E-state index in [4.69, 9.17) is 10.2 Å². The average molecular weight is 350 g/mol. The van der Waals surface area contributed by atoms with Crippen LogP contribution >= 0.6 is 0 Å². The first-order valence-electron chi connectivity index (χ1n) is 9.67. The smallest absolute Gasteiger partial charge is 0.113 e. The summed E-state index contributed by atoms with van der Waals surface area (Å²) in [6.07, 6.45) is 2.19. The molecule has 3 aromatic rings. The molecule has 2 aromatic carbocycles. The van der Waals surface area contributed by atoms with Gasteiger partial charge in [-0.3, -0.25) is 0 Å². The molecule has 0 amide bonds. The fourth-order valence-corrected chi connectivity index (χ4v) is 3.36. The highest BCUT2D eigenvalue weighted by molar-refractivity contribution is 5.73. The maximum absolute atomic E-state index is 4.75. The van der Waals surface area contributed by atoms with E-state index in [-0.39, 0.29) is 10.8 Å². The van der Waals surface area contributed by atoms with Crippen LogP contribution in [0.25, 0.3) is 16.7 Å². The van der Waals surface area contributed by atoms with E-state index in [1.54, 1.807) is 0 Å². The molecule has 138 valence electrons. The fourth-order valence-electron chi connectivity index (χ4n) is 3.36. The van der Waals surface area contributed by atoms with Gasteiger partial charge in [-0.1, -0.05) is 59.7 Å². The predicted octanol–water partition coefficient (Wildman–Crippen LogP) is 6.10. The number of fused-ring (bicyclic) bond motifs is 1. The fraction of sp³-hybridized carbons (Fsp3) is 0.478. The summed E-state index contributed by atoms with van der Waals surface area (Å²) in [5, 5.41) is 9.49. The molecule has 0 spiro atoms. The zero-order chi connectivity index (χ0) is 19.1. The topological polar surface area (TPSA) is 30.7 Å². The zero-order valence-corrected chi connectivity index (χ0v) is 17.2. The van der Waals surface area contributed by atoms with Crippen LogP contribution in [0, 0.1) is 6.92 Å². The van der Waals surface area contributed by atoms with Crippen molar-refractivity contribution in [2.75, 3.05) is 0 Å². The monoisotopic (exact) mass is 349 g/mol. The summed E-state index contributed by atoms with van der Waals surface area (Å²) in [6, 6.07) is 12.8. The second kappa shape index (κ2) is 6.53. The lowest BCUT2D eigenvalue weighted by Gasteiger charge is -2.31. The molecule has 1 heterocycles. The lowest BCUT2D eigenvalue weighted by Crippen LogP contribution is -2.23. The molecule has 0 aliphatic heterocycles. The Morgan fingerprint density at radius 2 is 1.38 bits per heavy atom. The van der Waals surface area contributed by atoms with E-state index in [0.29, 0.717) is 0 Å². The van der Waals surface area contributed by atoms with Crippen molar-refractivity contribution in [2.24, 2.45) is 0 Å². The third-order valence-corrected chi connectivity index (χ3v) is 6.16. The Labute approximate surface area is 157 Å². The summed E-state index contributed by atoms with van der Waals surface area (Å²) in [5.74, 6) is 0. The van der Waals surface area contributed by atoms with Gasteiger partial charge in [0.2, 0.25) is 0 Å². The van der Waals surface area contributed by atoms with Crippen LogP contribution in [0.4, 0.5) is 0 Å². The lowest BCUT2D eigenvalue weighted by atomic mass is 9.74. The third-order valence-electron chi connectivity index (χ3n) is 6.16. The first kappa shape index (κ1) is 18.6. The van der Waals surface area contributed by atoms with Crippen molar-refractivity contribution in [3.63, 3.8) is 0 Å². The van der Waals surface area contributed by atoms with Gasteiger partial charge >= 0.3 is 0 Å². The molecular weight excluding hydrogens is 318 g/mol. The Bertz CT molecular complexity index is 899. The summed E-state index contributed by atoms with van der Waals surface area (Å²) in [5.41, 5.74) is 7.23. The summed E-state index contributed by atoms with van der Waals surface area (Å²) >= 11 is 0. The SMILES string of the molecule is CCC(C)(C)c1cc(-n2nc3ccccc3n2)c(C)c(C(C)(C)CC)c1. The largest absolute Gasteiger partial charge is 0.150 e. The van der Waals surface area contributed by atoms with E-state index < -0.39 is 0 Å². The van der Waals surface area contributed by atoms with Crippen LogP contribution < -0.4 is 0 Å². The molecule has 3 heteroatoms. The number of aromatic nitrogens is 3. The van der Waals surface area contributed by atoms with Crippen LogP contribution in [0.2, 0.25) is 0 Å². The van der Waals surface area contributed by atoms with Crippen molar-refractivity contribution < 1.29 is 0 Å². The van der Waals surface area contributed by atoms with E-state index in [1.807, 2.05) is 29.1 Å². The van der Waals surface area contributed by atoms with Gasteiger partial charge in [-0.15, -0.1) is 10.2 Å². The maximum atomic E-state index is 4.75. The summed E-state index contributed by atoms with van der Waals surface area (Å²) in [4.78, 5) is 1.82. The molecule has 3 nitrogen and oxygen atoms in total. The molecule has 1 aromatic heterocycles. The zero-order valence-electron chi connectivity index (χ0n) is 17.2. The highest BCUT2D eigenvalue weighted by atomic mass is 15.5. The Balaban J connectivity index is 2.29. The number of nitrogens with zero attached hydrogens (tertiary/aromatic N) is 3. The van der Waals surface area contributed by atoms with E-state index in [1.165, 1.54) is 16.7 Å². The molecule has 0 N–H and O–H groups in total. The van der Waals surface area contributed by atoms with Gasteiger partial charge in [0, 0.05) is 0 Å². The average Bonchev–Trinajstić information content (AvgIpc) is 3.05. The first-order valence-corrected chi connectivity index (χ1v) is 9.67. The Hall–Kier alpha value is -2.16. The minimum atomic E-state index is 0.116. The summed E-state index contributed by atoms with van der Waals surface area (Å²) < 4.78 is 0. The number of rotatable bonds is 5. The molecule has 0 aliphatic carbocycles. The van der Waals surface area contributed by atoms with Gasteiger partial charge in [-0.2, -0.15) is 4.80 Å². The first-order chi connectivity index (χ1) is 12.2. The molecule has 0 saturated carbocycles. The summed E-state index contributed by atoms with van der Waals surface area (Å²) in [7, 11) is 0. The minimum absolute atomic E-state index is 0.116. The van der Waals surface area contributed by atoms with Crippen molar-refractivity contribution in [1.29, 1.82) is 0 Å². The van der Waals surface area contributed by atoms with E-state index in [9.17, 15) is 0 Å². The van der Waals surface area contributed by atoms with Crippen LogP contribution in [0.3, 0.4) is 0 Å².